The molecule has 0 saturated carbocycles. The minimum atomic E-state index is 0. The Morgan fingerprint density at radius 1 is 0.917 bits per heavy atom. The SMILES string of the molecule is Cc1nc(N2CC3CC2CO3)cc(-n2ncc3cc(C)c(C4CCN(C5COC5)CC4)cc32)n1.S.S. The Labute approximate surface area is 226 Å². The lowest BCUT2D eigenvalue weighted by molar-refractivity contribution is -0.0712. The fraction of sp³-hybridized carbons (Fsp3) is 0.577. The Morgan fingerprint density at radius 3 is 2.36 bits per heavy atom. The van der Waals surface area contributed by atoms with Gasteiger partial charge in [-0.05, 0) is 75.4 Å². The number of fused-ring (bicyclic) bond motifs is 3. The summed E-state index contributed by atoms with van der Waals surface area (Å²) < 4.78 is 13.2. The largest absolute Gasteiger partial charge is 0.378 e. The molecule has 4 saturated heterocycles. The molecule has 0 amide bonds. The van der Waals surface area contributed by atoms with Gasteiger partial charge in [0.2, 0.25) is 0 Å². The zero-order valence-corrected chi connectivity index (χ0v) is 23.0. The topological polar surface area (TPSA) is 68.5 Å². The number of hydrogen-bond acceptors (Lipinski definition) is 7. The van der Waals surface area contributed by atoms with Crippen molar-refractivity contribution in [2.24, 2.45) is 0 Å². The highest BCUT2D eigenvalue weighted by molar-refractivity contribution is 7.59. The van der Waals surface area contributed by atoms with Gasteiger partial charge in [-0.15, -0.1) is 0 Å². The van der Waals surface area contributed by atoms with E-state index in [1.54, 1.807) is 0 Å². The predicted molar refractivity (Wildman–Crippen MR) is 151 cm³/mol. The van der Waals surface area contributed by atoms with Gasteiger partial charge < -0.3 is 14.4 Å². The highest BCUT2D eigenvalue weighted by Crippen LogP contribution is 2.35. The lowest BCUT2D eigenvalue weighted by Gasteiger charge is -2.41. The Bertz CT molecular complexity index is 1240. The second-order valence-electron chi connectivity index (χ2n) is 10.5. The van der Waals surface area contributed by atoms with Crippen LogP contribution in [0, 0.1) is 13.8 Å². The van der Waals surface area contributed by atoms with E-state index in [0.717, 1.165) is 74.2 Å². The maximum absolute atomic E-state index is 5.79. The molecular weight excluding hydrogens is 492 g/mol. The summed E-state index contributed by atoms with van der Waals surface area (Å²) in [5, 5.41) is 5.93. The lowest BCUT2D eigenvalue weighted by atomic mass is 9.85. The van der Waals surface area contributed by atoms with Crippen molar-refractivity contribution in [3.8, 4) is 5.82 Å². The molecule has 1 aromatic carbocycles. The first-order chi connectivity index (χ1) is 16.6. The minimum absolute atomic E-state index is 0. The van der Waals surface area contributed by atoms with Gasteiger partial charge in [-0.3, -0.25) is 4.90 Å². The van der Waals surface area contributed by atoms with Gasteiger partial charge >= 0.3 is 0 Å². The average Bonchev–Trinajstić information content (AvgIpc) is 3.53. The van der Waals surface area contributed by atoms with Crippen molar-refractivity contribution in [3.63, 3.8) is 0 Å². The van der Waals surface area contributed by atoms with Gasteiger partial charge in [0.1, 0.15) is 11.6 Å². The van der Waals surface area contributed by atoms with Crippen molar-refractivity contribution < 1.29 is 9.47 Å². The number of aryl methyl sites for hydroxylation is 2. The van der Waals surface area contributed by atoms with Crippen LogP contribution in [0.25, 0.3) is 16.7 Å². The van der Waals surface area contributed by atoms with E-state index >= 15 is 0 Å². The molecule has 6 heterocycles. The first-order valence-electron chi connectivity index (χ1n) is 12.7. The normalized spacial score (nSPS) is 24.6. The Hall–Kier alpha value is -1.85. The third kappa shape index (κ3) is 4.41. The van der Waals surface area contributed by atoms with Crippen molar-refractivity contribution in [3.05, 3.63) is 41.3 Å². The number of aromatic nitrogens is 4. The van der Waals surface area contributed by atoms with Crippen molar-refractivity contribution in [2.45, 2.75) is 57.2 Å². The molecule has 0 aliphatic carbocycles. The molecule has 3 aromatic rings. The molecule has 4 fully saturated rings. The molecule has 0 N–H and O–H groups in total. The van der Waals surface area contributed by atoms with Crippen LogP contribution in [0.4, 0.5) is 5.82 Å². The molecular formula is C26H36N6O2S2. The fourth-order valence-electron chi connectivity index (χ4n) is 6.31. The number of ether oxygens (including phenoxy) is 2. The van der Waals surface area contributed by atoms with E-state index in [-0.39, 0.29) is 27.0 Å². The highest BCUT2D eigenvalue weighted by Gasteiger charge is 2.40. The van der Waals surface area contributed by atoms with E-state index in [1.165, 1.54) is 24.0 Å². The number of likely N-dealkylation sites (tertiary alicyclic amines) is 1. The molecule has 2 bridgehead atoms. The van der Waals surface area contributed by atoms with Crippen molar-refractivity contribution in [1.29, 1.82) is 0 Å². The molecule has 2 atom stereocenters. The number of hydrogen-bond donors (Lipinski definition) is 0. The molecule has 4 aliphatic heterocycles. The summed E-state index contributed by atoms with van der Waals surface area (Å²) in [6, 6.07) is 7.82. The van der Waals surface area contributed by atoms with Gasteiger partial charge in [0.15, 0.2) is 5.82 Å². The molecule has 0 spiro atoms. The van der Waals surface area contributed by atoms with Crippen LogP contribution in [0.5, 0.6) is 0 Å². The van der Waals surface area contributed by atoms with Gasteiger partial charge in [0, 0.05) is 18.0 Å². The molecule has 7 rings (SSSR count). The maximum Gasteiger partial charge on any atom is 0.159 e. The van der Waals surface area contributed by atoms with Gasteiger partial charge in [-0.2, -0.15) is 32.1 Å². The molecule has 10 heteroatoms. The number of benzene rings is 1. The van der Waals surface area contributed by atoms with Crippen LogP contribution in [-0.2, 0) is 9.47 Å². The standard InChI is InChI=1S/C26H32N6O2.2H2S/c1-16-7-19-11-27-32(24(19)9-23(16)18-3-5-30(6-4-18)21-13-33-14-21)26-10-25(28-17(2)29-26)31-12-22-8-20(31)15-34-22;;/h7,9-11,18,20-22H,3-6,8,12-15H2,1-2H3;2*1H2. The molecule has 194 valence electrons. The zero-order valence-electron chi connectivity index (χ0n) is 21.0. The second-order valence-corrected chi connectivity index (χ2v) is 10.5. The monoisotopic (exact) mass is 528 g/mol. The second kappa shape index (κ2) is 10.1. The summed E-state index contributed by atoms with van der Waals surface area (Å²) in [6.07, 6.45) is 5.80. The third-order valence-corrected chi connectivity index (χ3v) is 8.28. The van der Waals surface area contributed by atoms with E-state index in [1.807, 2.05) is 17.8 Å². The molecule has 2 aromatic heterocycles. The Morgan fingerprint density at radius 2 is 1.69 bits per heavy atom. The summed E-state index contributed by atoms with van der Waals surface area (Å²) >= 11 is 0. The minimum Gasteiger partial charge on any atom is -0.378 e. The number of nitrogens with zero attached hydrogens (tertiary/aromatic N) is 6. The molecule has 8 nitrogen and oxygen atoms in total. The van der Waals surface area contributed by atoms with Crippen LogP contribution in [-0.4, -0.2) is 82.3 Å². The van der Waals surface area contributed by atoms with Crippen LogP contribution in [0.3, 0.4) is 0 Å². The molecule has 0 radical (unpaired) electrons. The molecule has 2 unspecified atom stereocenters. The Kier molecular flexibility index (Phi) is 7.26. The Balaban J connectivity index is 0.00000133. The van der Waals surface area contributed by atoms with E-state index in [0.29, 0.717) is 24.1 Å². The third-order valence-electron chi connectivity index (χ3n) is 8.28. The molecule has 4 aliphatic rings. The van der Waals surface area contributed by atoms with Crippen LogP contribution >= 0.6 is 27.0 Å². The first kappa shape index (κ1) is 25.8. The highest BCUT2D eigenvalue weighted by atomic mass is 32.1. The van der Waals surface area contributed by atoms with Crippen LogP contribution in [0.1, 0.15) is 42.1 Å². The number of rotatable bonds is 4. The van der Waals surface area contributed by atoms with Crippen LogP contribution in [0.15, 0.2) is 24.4 Å². The summed E-state index contributed by atoms with van der Waals surface area (Å²) in [4.78, 5) is 14.5. The zero-order chi connectivity index (χ0) is 22.8. The average molecular weight is 529 g/mol. The summed E-state index contributed by atoms with van der Waals surface area (Å²) in [6.45, 7) is 10.0. The van der Waals surface area contributed by atoms with Crippen LogP contribution in [0.2, 0.25) is 0 Å². The predicted octanol–water partition coefficient (Wildman–Crippen LogP) is 3.21. The van der Waals surface area contributed by atoms with E-state index < -0.39 is 0 Å². The van der Waals surface area contributed by atoms with Gasteiger partial charge in [0.05, 0.1) is 49.7 Å². The summed E-state index contributed by atoms with van der Waals surface area (Å²) in [5.74, 6) is 3.20. The van der Waals surface area contributed by atoms with Gasteiger partial charge in [-0.25, -0.2) is 14.6 Å². The smallest absolute Gasteiger partial charge is 0.159 e. The van der Waals surface area contributed by atoms with E-state index in [9.17, 15) is 0 Å². The van der Waals surface area contributed by atoms with Crippen molar-refractivity contribution >= 4 is 43.7 Å². The number of anilines is 1. The number of piperidine rings is 1. The summed E-state index contributed by atoms with van der Waals surface area (Å²) in [7, 11) is 0. The van der Waals surface area contributed by atoms with E-state index in [4.69, 9.17) is 24.5 Å². The van der Waals surface area contributed by atoms with Crippen LogP contribution < -0.4 is 4.90 Å². The van der Waals surface area contributed by atoms with Crippen molar-refractivity contribution in [2.75, 3.05) is 44.4 Å². The quantitative estimate of drug-likeness (QED) is 0.515. The maximum atomic E-state index is 5.79. The number of morpholine rings is 1. The van der Waals surface area contributed by atoms with Gasteiger partial charge in [-0.1, -0.05) is 0 Å². The first-order valence-corrected chi connectivity index (χ1v) is 12.7. The van der Waals surface area contributed by atoms with E-state index in [2.05, 4.69) is 34.9 Å². The molecule has 36 heavy (non-hydrogen) atoms. The summed E-state index contributed by atoms with van der Waals surface area (Å²) in [5.41, 5.74) is 3.95. The fourth-order valence-corrected chi connectivity index (χ4v) is 6.31. The lowest BCUT2D eigenvalue weighted by Crippen LogP contribution is -2.51. The van der Waals surface area contributed by atoms with Gasteiger partial charge in [0.25, 0.3) is 0 Å². The van der Waals surface area contributed by atoms with Crippen molar-refractivity contribution in [1.82, 2.24) is 24.6 Å².